The Bertz CT molecular complexity index is 1370. The van der Waals surface area contributed by atoms with Crippen LogP contribution < -0.4 is 15.5 Å². The van der Waals surface area contributed by atoms with Crippen LogP contribution in [0.2, 0.25) is 0 Å². The minimum absolute atomic E-state index is 0.0239. The van der Waals surface area contributed by atoms with Crippen molar-refractivity contribution in [1.82, 2.24) is 24.6 Å². The number of carbonyl (C=O) groups is 1. The highest BCUT2D eigenvalue weighted by atomic mass is 16.5. The lowest BCUT2D eigenvalue weighted by Crippen LogP contribution is -2.36. The Labute approximate surface area is 196 Å². The van der Waals surface area contributed by atoms with Gasteiger partial charge in [-0.05, 0) is 38.0 Å². The van der Waals surface area contributed by atoms with E-state index in [-0.39, 0.29) is 11.8 Å². The van der Waals surface area contributed by atoms with Crippen LogP contribution >= 0.6 is 0 Å². The van der Waals surface area contributed by atoms with Crippen LogP contribution in [0.25, 0.3) is 27.8 Å². The summed E-state index contributed by atoms with van der Waals surface area (Å²) in [5.41, 5.74) is 2.64. The first-order chi connectivity index (χ1) is 16.7. The average Bonchev–Trinajstić information content (AvgIpc) is 3.64. The SMILES string of the molecule is CCNc1ncc(-c2nc3ccc(N4CCOCC4)cn3n2)c2cc(NC(=O)C3CC3)ncc12. The van der Waals surface area contributed by atoms with Gasteiger partial charge in [-0.25, -0.2) is 19.5 Å². The first kappa shape index (κ1) is 20.8. The van der Waals surface area contributed by atoms with E-state index in [0.717, 1.165) is 79.2 Å². The molecule has 0 aromatic carbocycles. The fourth-order valence-electron chi connectivity index (χ4n) is 4.26. The molecule has 1 amide bonds. The minimum Gasteiger partial charge on any atom is -0.378 e. The van der Waals surface area contributed by atoms with E-state index >= 15 is 0 Å². The normalized spacial score (nSPS) is 16.2. The number of rotatable bonds is 6. The molecular formula is C24H26N8O2. The minimum atomic E-state index is 0.0239. The molecule has 2 N–H and O–H groups in total. The van der Waals surface area contributed by atoms with Crippen LogP contribution in [0.3, 0.4) is 0 Å². The van der Waals surface area contributed by atoms with Crippen molar-refractivity contribution >= 4 is 39.6 Å². The largest absolute Gasteiger partial charge is 0.378 e. The summed E-state index contributed by atoms with van der Waals surface area (Å²) in [5, 5.41) is 12.7. The number of anilines is 3. The van der Waals surface area contributed by atoms with E-state index in [0.29, 0.717) is 11.6 Å². The summed E-state index contributed by atoms with van der Waals surface area (Å²) >= 11 is 0. The summed E-state index contributed by atoms with van der Waals surface area (Å²) in [5.74, 6) is 1.97. The predicted molar refractivity (Wildman–Crippen MR) is 130 cm³/mol. The van der Waals surface area contributed by atoms with Crippen molar-refractivity contribution in [2.24, 2.45) is 5.92 Å². The van der Waals surface area contributed by atoms with Gasteiger partial charge in [0.25, 0.3) is 0 Å². The Morgan fingerprint density at radius 1 is 1.15 bits per heavy atom. The second kappa shape index (κ2) is 8.53. The van der Waals surface area contributed by atoms with Gasteiger partial charge in [-0.2, -0.15) is 0 Å². The number of hydrogen-bond donors (Lipinski definition) is 2. The first-order valence-electron chi connectivity index (χ1n) is 11.7. The molecule has 6 rings (SSSR count). The quantitative estimate of drug-likeness (QED) is 0.454. The van der Waals surface area contributed by atoms with E-state index < -0.39 is 0 Å². The van der Waals surface area contributed by atoms with E-state index in [9.17, 15) is 4.79 Å². The van der Waals surface area contributed by atoms with Gasteiger partial charge in [0.1, 0.15) is 11.6 Å². The van der Waals surface area contributed by atoms with Gasteiger partial charge in [0.15, 0.2) is 11.5 Å². The molecule has 2 fully saturated rings. The number of pyridine rings is 3. The highest BCUT2D eigenvalue weighted by Crippen LogP contribution is 2.33. The molecule has 1 saturated carbocycles. The molecule has 5 heterocycles. The van der Waals surface area contributed by atoms with E-state index in [1.807, 2.05) is 25.3 Å². The Morgan fingerprint density at radius 3 is 2.79 bits per heavy atom. The number of aromatic nitrogens is 5. The molecule has 4 aromatic heterocycles. The monoisotopic (exact) mass is 458 g/mol. The zero-order valence-electron chi connectivity index (χ0n) is 19.0. The Balaban J connectivity index is 1.41. The summed E-state index contributed by atoms with van der Waals surface area (Å²) < 4.78 is 7.28. The summed E-state index contributed by atoms with van der Waals surface area (Å²) in [7, 11) is 0. The van der Waals surface area contributed by atoms with E-state index in [2.05, 4.69) is 31.6 Å². The van der Waals surface area contributed by atoms with E-state index in [1.54, 1.807) is 16.9 Å². The van der Waals surface area contributed by atoms with Crippen LogP contribution in [0.1, 0.15) is 19.8 Å². The van der Waals surface area contributed by atoms with E-state index in [4.69, 9.17) is 14.8 Å². The number of ether oxygens (including phenoxy) is 1. The molecule has 174 valence electrons. The molecule has 0 bridgehead atoms. The highest BCUT2D eigenvalue weighted by Gasteiger charge is 2.30. The van der Waals surface area contributed by atoms with Crippen LogP contribution in [0.15, 0.2) is 36.8 Å². The van der Waals surface area contributed by atoms with Crippen molar-refractivity contribution in [2.45, 2.75) is 19.8 Å². The third kappa shape index (κ3) is 3.90. The number of hydrogen-bond acceptors (Lipinski definition) is 8. The van der Waals surface area contributed by atoms with Crippen molar-refractivity contribution in [1.29, 1.82) is 0 Å². The van der Waals surface area contributed by atoms with Crippen molar-refractivity contribution in [2.75, 3.05) is 48.4 Å². The van der Waals surface area contributed by atoms with Crippen LogP contribution in [-0.2, 0) is 9.53 Å². The Morgan fingerprint density at radius 2 is 2.00 bits per heavy atom. The second-order valence-electron chi connectivity index (χ2n) is 8.65. The maximum atomic E-state index is 12.3. The number of nitrogens with one attached hydrogen (secondary N) is 2. The van der Waals surface area contributed by atoms with Crippen LogP contribution in [0, 0.1) is 5.92 Å². The molecule has 1 aliphatic heterocycles. The molecule has 1 aliphatic carbocycles. The molecule has 1 saturated heterocycles. The van der Waals surface area contributed by atoms with Gasteiger partial charge in [-0.1, -0.05) is 0 Å². The average molecular weight is 459 g/mol. The van der Waals surface area contributed by atoms with Crippen LogP contribution in [-0.4, -0.2) is 63.3 Å². The second-order valence-corrected chi connectivity index (χ2v) is 8.65. The van der Waals surface area contributed by atoms with Crippen LogP contribution in [0.4, 0.5) is 17.3 Å². The molecule has 0 spiro atoms. The lowest BCUT2D eigenvalue weighted by atomic mass is 10.1. The Kier molecular flexibility index (Phi) is 5.21. The van der Waals surface area contributed by atoms with Crippen molar-refractivity contribution in [3.63, 3.8) is 0 Å². The van der Waals surface area contributed by atoms with Crippen molar-refractivity contribution in [3.05, 3.63) is 36.8 Å². The highest BCUT2D eigenvalue weighted by molar-refractivity contribution is 6.03. The summed E-state index contributed by atoms with van der Waals surface area (Å²) in [4.78, 5) is 28.4. The molecule has 10 nitrogen and oxygen atoms in total. The summed E-state index contributed by atoms with van der Waals surface area (Å²) in [6.45, 7) is 5.92. The molecule has 4 aromatic rings. The molecular weight excluding hydrogens is 432 g/mol. The maximum absolute atomic E-state index is 12.3. The molecule has 34 heavy (non-hydrogen) atoms. The maximum Gasteiger partial charge on any atom is 0.228 e. The lowest BCUT2D eigenvalue weighted by Gasteiger charge is -2.28. The molecule has 0 unspecified atom stereocenters. The number of amides is 1. The number of fused-ring (bicyclic) bond motifs is 2. The summed E-state index contributed by atoms with van der Waals surface area (Å²) in [6, 6.07) is 5.93. The Hall–Kier alpha value is -3.79. The van der Waals surface area contributed by atoms with Gasteiger partial charge < -0.3 is 20.3 Å². The van der Waals surface area contributed by atoms with Gasteiger partial charge in [0, 0.05) is 54.3 Å². The third-order valence-electron chi connectivity index (χ3n) is 6.25. The van der Waals surface area contributed by atoms with E-state index in [1.165, 1.54) is 0 Å². The molecule has 0 radical (unpaired) electrons. The lowest BCUT2D eigenvalue weighted by molar-refractivity contribution is -0.117. The fourth-order valence-corrected chi connectivity index (χ4v) is 4.26. The van der Waals surface area contributed by atoms with Gasteiger partial charge >= 0.3 is 0 Å². The van der Waals surface area contributed by atoms with Crippen molar-refractivity contribution in [3.8, 4) is 11.4 Å². The smallest absolute Gasteiger partial charge is 0.228 e. The first-order valence-corrected chi connectivity index (χ1v) is 11.7. The number of morpholine rings is 1. The topological polar surface area (TPSA) is 110 Å². The predicted octanol–water partition coefficient (Wildman–Crippen LogP) is 2.96. The standard InChI is InChI=1S/C24H26N8O2/c1-2-25-22-18-12-26-20(28-24(33)15-3-4-15)11-17(18)19(13-27-22)23-29-21-6-5-16(14-32(21)30-23)31-7-9-34-10-8-31/h5-6,11-15H,2-4,7-10H2,1H3,(H,25,27)(H,26,28,33). The van der Waals surface area contributed by atoms with Gasteiger partial charge in [0.05, 0.1) is 25.1 Å². The molecule has 0 atom stereocenters. The third-order valence-corrected chi connectivity index (χ3v) is 6.25. The van der Waals surface area contributed by atoms with Gasteiger partial charge in [-0.15, -0.1) is 5.10 Å². The summed E-state index contributed by atoms with van der Waals surface area (Å²) in [6.07, 6.45) is 7.42. The van der Waals surface area contributed by atoms with Crippen LogP contribution in [0.5, 0.6) is 0 Å². The zero-order chi connectivity index (χ0) is 23.1. The molecule has 10 heteroatoms. The fraction of sp³-hybridized carbons (Fsp3) is 0.375. The zero-order valence-corrected chi connectivity index (χ0v) is 19.0. The van der Waals surface area contributed by atoms with Gasteiger partial charge in [0.2, 0.25) is 5.91 Å². The molecule has 2 aliphatic rings. The van der Waals surface area contributed by atoms with Crippen molar-refractivity contribution < 1.29 is 9.53 Å². The number of carbonyl (C=O) groups excluding carboxylic acids is 1. The number of nitrogens with zero attached hydrogens (tertiary/aromatic N) is 6. The van der Waals surface area contributed by atoms with Gasteiger partial charge in [-0.3, -0.25) is 4.79 Å².